The molecule has 0 bridgehead atoms. The topological polar surface area (TPSA) is 103 Å². The number of fused-ring (bicyclic) bond motifs is 1. The highest BCUT2D eigenvalue weighted by Gasteiger charge is 2.30. The quantitative estimate of drug-likeness (QED) is 0.605. The predicted octanol–water partition coefficient (Wildman–Crippen LogP) is 1.99. The number of hydrogen-bond donors (Lipinski definition) is 1. The molecule has 174 valence electrons. The van der Waals surface area contributed by atoms with Gasteiger partial charge in [-0.3, -0.25) is 9.10 Å². The summed E-state index contributed by atoms with van der Waals surface area (Å²) in [5.41, 5.74) is 1.28. The van der Waals surface area contributed by atoms with Gasteiger partial charge in [-0.25, -0.2) is 8.42 Å². The van der Waals surface area contributed by atoms with E-state index in [2.05, 4.69) is 5.32 Å². The second kappa shape index (κ2) is 9.99. The third-order valence-corrected chi connectivity index (χ3v) is 6.27. The first kappa shape index (κ1) is 23.5. The van der Waals surface area contributed by atoms with Crippen molar-refractivity contribution in [2.24, 2.45) is 0 Å². The second-order valence-corrected chi connectivity index (χ2v) is 9.15. The van der Waals surface area contributed by atoms with Crippen LogP contribution in [0.1, 0.15) is 12.5 Å². The number of anilines is 1. The van der Waals surface area contributed by atoms with Crippen molar-refractivity contribution < 1.29 is 32.2 Å². The molecule has 10 heteroatoms. The van der Waals surface area contributed by atoms with Gasteiger partial charge in [-0.05, 0) is 43.2 Å². The minimum Gasteiger partial charge on any atom is -0.493 e. The van der Waals surface area contributed by atoms with Crippen molar-refractivity contribution in [1.82, 2.24) is 5.32 Å². The van der Waals surface area contributed by atoms with E-state index in [1.807, 2.05) is 12.1 Å². The monoisotopic (exact) mass is 464 g/mol. The summed E-state index contributed by atoms with van der Waals surface area (Å²) in [6.45, 7) is 2.68. The van der Waals surface area contributed by atoms with Crippen molar-refractivity contribution in [1.29, 1.82) is 0 Å². The summed E-state index contributed by atoms with van der Waals surface area (Å²) >= 11 is 0. The van der Waals surface area contributed by atoms with Crippen molar-refractivity contribution >= 4 is 21.6 Å². The van der Waals surface area contributed by atoms with Crippen molar-refractivity contribution in [3.8, 4) is 23.0 Å². The fourth-order valence-corrected chi connectivity index (χ4v) is 4.66. The fourth-order valence-electron chi connectivity index (χ4n) is 3.49. The molecule has 9 nitrogen and oxygen atoms in total. The van der Waals surface area contributed by atoms with Gasteiger partial charge in [0.15, 0.2) is 23.0 Å². The normalized spacial score (nSPS) is 13.8. The molecule has 1 heterocycles. The van der Waals surface area contributed by atoms with Gasteiger partial charge in [0.2, 0.25) is 15.9 Å². The van der Waals surface area contributed by atoms with E-state index in [4.69, 9.17) is 18.9 Å². The summed E-state index contributed by atoms with van der Waals surface area (Å²) in [5, 5.41) is 2.81. The first-order valence-corrected chi connectivity index (χ1v) is 12.0. The number of sulfonamides is 1. The van der Waals surface area contributed by atoms with Crippen molar-refractivity contribution in [2.45, 2.75) is 19.4 Å². The molecule has 0 spiro atoms. The maximum absolute atomic E-state index is 12.8. The lowest BCUT2D eigenvalue weighted by Crippen LogP contribution is -2.48. The molecule has 32 heavy (non-hydrogen) atoms. The molecular weight excluding hydrogens is 436 g/mol. The van der Waals surface area contributed by atoms with Gasteiger partial charge >= 0.3 is 0 Å². The number of amides is 1. The molecule has 2 aromatic rings. The van der Waals surface area contributed by atoms with Gasteiger partial charge in [0.05, 0.1) is 26.2 Å². The van der Waals surface area contributed by atoms with Crippen molar-refractivity contribution in [3.63, 3.8) is 0 Å². The Labute approximate surface area is 188 Å². The van der Waals surface area contributed by atoms with Crippen LogP contribution < -0.4 is 28.6 Å². The smallest absolute Gasteiger partial charge is 0.243 e. The van der Waals surface area contributed by atoms with Gasteiger partial charge in [-0.15, -0.1) is 0 Å². The Kier molecular flexibility index (Phi) is 7.34. The molecule has 3 rings (SSSR count). The second-order valence-electron chi connectivity index (χ2n) is 7.29. The van der Waals surface area contributed by atoms with E-state index in [0.29, 0.717) is 54.9 Å². The van der Waals surface area contributed by atoms with Crippen LogP contribution in [-0.4, -0.2) is 60.6 Å². The number of nitrogens with one attached hydrogen (secondary N) is 1. The highest BCUT2D eigenvalue weighted by molar-refractivity contribution is 7.92. The number of benzene rings is 2. The lowest BCUT2D eigenvalue weighted by Gasteiger charge is -2.29. The number of carbonyl (C=O) groups excluding carboxylic acids is 1. The lowest BCUT2D eigenvalue weighted by molar-refractivity contribution is -0.121. The Morgan fingerprint density at radius 1 is 1.06 bits per heavy atom. The predicted molar refractivity (Wildman–Crippen MR) is 120 cm³/mol. The third kappa shape index (κ3) is 5.37. The average molecular weight is 465 g/mol. The van der Waals surface area contributed by atoms with Gasteiger partial charge < -0.3 is 24.3 Å². The van der Waals surface area contributed by atoms with Gasteiger partial charge in [0.25, 0.3) is 0 Å². The maximum atomic E-state index is 12.8. The number of methoxy groups -OCH3 is 2. The maximum Gasteiger partial charge on any atom is 0.243 e. The Balaban J connectivity index is 1.69. The average Bonchev–Trinajstić information content (AvgIpc) is 2.77. The molecule has 0 fully saturated rings. The number of nitrogens with zero attached hydrogens (tertiary/aromatic N) is 1. The van der Waals surface area contributed by atoms with Gasteiger partial charge in [0, 0.05) is 12.6 Å². The van der Waals surface area contributed by atoms with E-state index in [1.54, 1.807) is 45.4 Å². The first-order valence-electron chi connectivity index (χ1n) is 10.1. The Bertz CT molecular complexity index is 1070. The van der Waals surface area contributed by atoms with Crippen LogP contribution in [-0.2, 0) is 21.2 Å². The zero-order chi connectivity index (χ0) is 23.3. The van der Waals surface area contributed by atoms with Crippen LogP contribution in [0, 0.1) is 0 Å². The molecule has 2 aromatic carbocycles. The minimum atomic E-state index is -3.74. The van der Waals surface area contributed by atoms with Crippen LogP contribution in [0.5, 0.6) is 23.0 Å². The molecular formula is C22H28N2O7S. The first-order chi connectivity index (χ1) is 15.2. The third-order valence-electron chi connectivity index (χ3n) is 5.03. The zero-order valence-electron chi connectivity index (χ0n) is 18.6. The molecule has 0 radical (unpaired) electrons. The number of carbonyl (C=O) groups is 1. The van der Waals surface area contributed by atoms with E-state index in [-0.39, 0.29) is 0 Å². The van der Waals surface area contributed by atoms with Gasteiger partial charge in [-0.2, -0.15) is 0 Å². The molecule has 1 N–H and O–H groups in total. The van der Waals surface area contributed by atoms with Crippen molar-refractivity contribution in [2.75, 3.05) is 44.5 Å². The Morgan fingerprint density at radius 3 is 2.41 bits per heavy atom. The molecule has 0 aromatic heterocycles. The van der Waals surface area contributed by atoms with Crippen LogP contribution in [0.2, 0.25) is 0 Å². The van der Waals surface area contributed by atoms with Crippen LogP contribution in [0.25, 0.3) is 0 Å². The molecule has 0 aliphatic carbocycles. The summed E-state index contributed by atoms with van der Waals surface area (Å²) in [6.07, 6.45) is 1.61. The molecule has 1 amide bonds. The number of ether oxygens (including phenoxy) is 4. The van der Waals surface area contributed by atoms with E-state index >= 15 is 0 Å². The van der Waals surface area contributed by atoms with E-state index < -0.39 is 22.0 Å². The highest BCUT2D eigenvalue weighted by Crippen LogP contribution is 2.35. The lowest BCUT2D eigenvalue weighted by atomic mass is 10.1. The minimum absolute atomic E-state index is 0.331. The SMILES string of the molecule is COc1ccc(CCNC(=O)[C@H](C)N(c2ccc3c(c2)OCCO3)S(C)(=O)=O)cc1OC. The molecule has 0 unspecified atom stereocenters. The largest absolute Gasteiger partial charge is 0.493 e. The van der Waals surface area contributed by atoms with Crippen LogP contribution in [0.3, 0.4) is 0 Å². The molecule has 1 aliphatic rings. The standard InChI is InChI=1S/C22H28N2O7S/c1-15(22(25)23-10-9-16-5-7-18(28-2)20(13-16)29-3)24(32(4,26)27)17-6-8-19-21(14-17)31-12-11-30-19/h5-8,13-15H,9-12H2,1-4H3,(H,23,25)/t15-/m0/s1. The van der Waals surface area contributed by atoms with E-state index in [1.165, 1.54) is 0 Å². The highest BCUT2D eigenvalue weighted by atomic mass is 32.2. The molecule has 0 saturated heterocycles. The van der Waals surface area contributed by atoms with Gasteiger partial charge in [-0.1, -0.05) is 6.07 Å². The molecule has 0 saturated carbocycles. The number of hydrogen-bond acceptors (Lipinski definition) is 7. The zero-order valence-corrected chi connectivity index (χ0v) is 19.4. The van der Waals surface area contributed by atoms with Gasteiger partial charge in [0.1, 0.15) is 19.3 Å². The van der Waals surface area contributed by atoms with Crippen LogP contribution >= 0.6 is 0 Å². The Hall–Kier alpha value is -3.14. The van der Waals surface area contributed by atoms with Crippen molar-refractivity contribution in [3.05, 3.63) is 42.0 Å². The Morgan fingerprint density at radius 2 is 1.75 bits per heavy atom. The number of rotatable bonds is 9. The fraction of sp³-hybridized carbons (Fsp3) is 0.409. The van der Waals surface area contributed by atoms with Crippen LogP contribution in [0.15, 0.2) is 36.4 Å². The molecule has 1 aliphatic heterocycles. The summed E-state index contributed by atoms with van der Waals surface area (Å²) in [5.74, 6) is 1.80. The summed E-state index contributed by atoms with van der Waals surface area (Å²) in [6, 6.07) is 9.37. The van der Waals surface area contributed by atoms with Crippen LogP contribution in [0.4, 0.5) is 5.69 Å². The summed E-state index contributed by atoms with van der Waals surface area (Å²) < 4.78 is 47.7. The molecule has 1 atom stereocenters. The van der Waals surface area contributed by atoms with E-state index in [9.17, 15) is 13.2 Å². The van der Waals surface area contributed by atoms with E-state index in [0.717, 1.165) is 16.1 Å². The summed E-state index contributed by atoms with van der Waals surface area (Å²) in [7, 11) is -0.615. The summed E-state index contributed by atoms with van der Waals surface area (Å²) in [4.78, 5) is 12.8.